The van der Waals surface area contributed by atoms with E-state index in [1.165, 1.54) is 5.56 Å². The van der Waals surface area contributed by atoms with Crippen LogP contribution in [0.1, 0.15) is 28.8 Å². The molecule has 0 atom stereocenters. The summed E-state index contributed by atoms with van der Waals surface area (Å²) in [5.41, 5.74) is 1.96. The van der Waals surface area contributed by atoms with Crippen molar-refractivity contribution >= 4 is 17.5 Å². The molecule has 0 aliphatic carbocycles. The molecular weight excluding hydrogens is 210 g/mol. The highest BCUT2D eigenvalue weighted by molar-refractivity contribution is 6.17. The fourth-order valence-electron chi connectivity index (χ4n) is 1.39. The zero-order valence-corrected chi connectivity index (χ0v) is 9.68. The van der Waals surface area contributed by atoms with Gasteiger partial charge in [-0.1, -0.05) is 12.1 Å². The quantitative estimate of drug-likeness (QED) is 0.606. The Morgan fingerprint density at radius 3 is 2.47 bits per heavy atom. The molecule has 0 aliphatic heterocycles. The molecule has 0 fully saturated rings. The van der Waals surface area contributed by atoms with Gasteiger partial charge in [0.2, 0.25) is 0 Å². The lowest BCUT2D eigenvalue weighted by Gasteiger charge is -2.02. The van der Waals surface area contributed by atoms with Gasteiger partial charge in [-0.2, -0.15) is 0 Å². The smallest absolute Gasteiger partial charge is 0.251 e. The first-order valence-corrected chi connectivity index (χ1v) is 5.68. The zero-order valence-electron chi connectivity index (χ0n) is 8.92. The van der Waals surface area contributed by atoms with E-state index in [2.05, 4.69) is 5.32 Å². The lowest BCUT2D eigenvalue weighted by atomic mass is 10.1. The van der Waals surface area contributed by atoms with Crippen molar-refractivity contribution in [3.05, 3.63) is 35.4 Å². The number of halogens is 1. The first kappa shape index (κ1) is 12.1. The van der Waals surface area contributed by atoms with E-state index in [9.17, 15) is 4.79 Å². The van der Waals surface area contributed by atoms with Crippen LogP contribution in [0.4, 0.5) is 0 Å². The van der Waals surface area contributed by atoms with Crippen LogP contribution >= 0.6 is 11.6 Å². The molecular formula is C12H16ClNO. The maximum Gasteiger partial charge on any atom is 0.251 e. The number of hydrogen-bond donors (Lipinski definition) is 1. The van der Waals surface area contributed by atoms with E-state index in [1.807, 2.05) is 24.3 Å². The second kappa shape index (κ2) is 6.46. The van der Waals surface area contributed by atoms with E-state index in [0.29, 0.717) is 5.56 Å². The van der Waals surface area contributed by atoms with Crippen LogP contribution < -0.4 is 5.32 Å². The molecule has 0 saturated heterocycles. The molecule has 0 unspecified atom stereocenters. The summed E-state index contributed by atoms with van der Waals surface area (Å²) < 4.78 is 0. The summed E-state index contributed by atoms with van der Waals surface area (Å²) >= 11 is 5.60. The van der Waals surface area contributed by atoms with Crippen molar-refractivity contribution in [2.24, 2.45) is 0 Å². The molecule has 0 bridgehead atoms. The highest BCUT2D eigenvalue weighted by Crippen LogP contribution is 2.08. The van der Waals surface area contributed by atoms with Crippen molar-refractivity contribution < 1.29 is 4.79 Å². The van der Waals surface area contributed by atoms with Crippen molar-refractivity contribution in [3.8, 4) is 0 Å². The SMILES string of the molecule is CNC(=O)c1ccc(CCCCCl)cc1. The number of nitrogens with one attached hydrogen (secondary N) is 1. The molecule has 0 radical (unpaired) electrons. The van der Waals surface area contributed by atoms with Crippen LogP contribution in [0.5, 0.6) is 0 Å². The molecule has 3 heteroatoms. The molecule has 0 heterocycles. The highest BCUT2D eigenvalue weighted by Gasteiger charge is 2.01. The van der Waals surface area contributed by atoms with Gasteiger partial charge in [-0.3, -0.25) is 4.79 Å². The average molecular weight is 226 g/mol. The summed E-state index contributed by atoms with van der Waals surface area (Å²) in [4.78, 5) is 11.3. The Hall–Kier alpha value is -1.02. The van der Waals surface area contributed by atoms with Crippen molar-refractivity contribution in [2.75, 3.05) is 12.9 Å². The van der Waals surface area contributed by atoms with Gasteiger partial charge in [-0.05, 0) is 37.0 Å². The van der Waals surface area contributed by atoms with Crippen LogP contribution in [0, 0.1) is 0 Å². The first-order chi connectivity index (χ1) is 7.27. The Morgan fingerprint density at radius 1 is 1.27 bits per heavy atom. The molecule has 0 aromatic heterocycles. The topological polar surface area (TPSA) is 29.1 Å². The van der Waals surface area contributed by atoms with Crippen molar-refractivity contribution in [1.29, 1.82) is 0 Å². The van der Waals surface area contributed by atoms with Gasteiger partial charge >= 0.3 is 0 Å². The van der Waals surface area contributed by atoms with E-state index in [1.54, 1.807) is 7.05 Å². The highest BCUT2D eigenvalue weighted by atomic mass is 35.5. The minimum absolute atomic E-state index is 0.0395. The number of benzene rings is 1. The molecule has 0 aliphatic rings. The third kappa shape index (κ3) is 3.92. The maximum absolute atomic E-state index is 11.3. The van der Waals surface area contributed by atoms with Gasteiger partial charge in [-0.25, -0.2) is 0 Å². The van der Waals surface area contributed by atoms with E-state index in [4.69, 9.17) is 11.6 Å². The number of carbonyl (C=O) groups excluding carboxylic acids is 1. The summed E-state index contributed by atoms with van der Waals surface area (Å²) in [5.74, 6) is 0.679. The van der Waals surface area contributed by atoms with Gasteiger partial charge in [0.25, 0.3) is 5.91 Å². The Bertz CT molecular complexity index is 308. The fraction of sp³-hybridized carbons (Fsp3) is 0.417. The Balaban J connectivity index is 2.52. The molecule has 1 rings (SSSR count). The minimum atomic E-state index is -0.0395. The van der Waals surface area contributed by atoms with Gasteiger partial charge in [-0.15, -0.1) is 11.6 Å². The third-order valence-corrected chi connectivity index (χ3v) is 2.56. The normalized spacial score (nSPS) is 10.0. The van der Waals surface area contributed by atoms with E-state index < -0.39 is 0 Å². The summed E-state index contributed by atoms with van der Waals surface area (Å²) in [6, 6.07) is 7.71. The van der Waals surface area contributed by atoms with Crippen LogP contribution in [0.3, 0.4) is 0 Å². The number of hydrogen-bond acceptors (Lipinski definition) is 1. The van der Waals surface area contributed by atoms with Gasteiger partial charge < -0.3 is 5.32 Å². The van der Waals surface area contributed by atoms with Gasteiger partial charge in [0, 0.05) is 18.5 Å². The standard InChI is InChI=1S/C12H16ClNO/c1-14-12(15)11-7-5-10(6-8-11)4-2-3-9-13/h5-8H,2-4,9H2,1H3,(H,14,15). The van der Waals surface area contributed by atoms with E-state index in [0.717, 1.165) is 25.1 Å². The van der Waals surface area contributed by atoms with Crippen molar-refractivity contribution in [2.45, 2.75) is 19.3 Å². The molecule has 15 heavy (non-hydrogen) atoms. The number of alkyl halides is 1. The predicted octanol–water partition coefficient (Wildman–Crippen LogP) is 2.61. The Labute approximate surface area is 95.6 Å². The second-order valence-corrected chi connectivity index (χ2v) is 3.80. The fourth-order valence-corrected chi connectivity index (χ4v) is 1.58. The van der Waals surface area contributed by atoms with Crippen LogP contribution in [0.15, 0.2) is 24.3 Å². The Kier molecular flexibility index (Phi) is 5.19. The lowest BCUT2D eigenvalue weighted by molar-refractivity contribution is 0.0963. The third-order valence-electron chi connectivity index (χ3n) is 2.29. The van der Waals surface area contributed by atoms with Crippen LogP contribution in [0.25, 0.3) is 0 Å². The van der Waals surface area contributed by atoms with Crippen LogP contribution in [-0.2, 0) is 6.42 Å². The zero-order chi connectivity index (χ0) is 11.1. The van der Waals surface area contributed by atoms with Crippen LogP contribution in [-0.4, -0.2) is 18.8 Å². The van der Waals surface area contributed by atoms with Crippen LogP contribution in [0.2, 0.25) is 0 Å². The average Bonchev–Trinajstić information content (AvgIpc) is 2.29. The summed E-state index contributed by atoms with van der Waals surface area (Å²) in [6.45, 7) is 0. The first-order valence-electron chi connectivity index (χ1n) is 5.15. The summed E-state index contributed by atoms with van der Waals surface area (Å²) in [6.07, 6.45) is 3.17. The van der Waals surface area contributed by atoms with E-state index in [-0.39, 0.29) is 5.91 Å². The summed E-state index contributed by atoms with van der Waals surface area (Å²) in [7, 11) is 1.64. The predicted molar refractivity (Wildman–Crippen MR) is 63.5 cm³/mol. The number of aryl methyl sites for hydroxylation is 1. The molecule has 1 aromatic carbocycles. The van der Waals surface area contributed by atoms with E-state index >= 15 is 0 Å². The maximum atomic E-state index is 11.3. The largest absolute Gasteiger partial charge is 0.355 e. The monoisotopic (exact) mass is 225 g/mol. The number of amides is 1. The number of rotatable bonds is 5. The molecule has 1 amide bonds. The molecule has 1 N–H and O–H groups in total. The lowest BCUT2D eigenvalue weighted by Crippen LogP contribution is -2.17. The summed E-state index contributed by atoms with van der Waals surface area (Å²) in [5, 5.41) is 2.60. The molecule has 82 valence electrons. The number of unbranched alkanes of at least 4 members (excludes halogenated alkanes) is 1. The molecule has 0 saturated carbocycles. The number of carbonyl (C=O) groups is 1. The van der Waals surface area contributed by atoms with Gasteiger partial charge in [0.1, 0.15) is 0 Å². The minimum Gasteiger partial charge on any atom is -0.355 e. The van der Waals surface area contributed by atoms with Gasteiger partial charge in [0.15, 0.2) is 0 Å². The second-order valence-electron chi connectivity index (χ2n) is 3.42. The van der Waals surface area contributed by atoms with Gasteiger partial charge in [0.05, 0.1) is 0 Å². The molecule has 1 aromatic rings. The Morgan fingerprint density at radius 2 is 1.93 bits per heavy atom. The van der Waals surface area contributed by atoms with Crippen molar-refractivity contribution in [3.63, 3.8) is 0 Å². The van der Waals surface area contributed by atoms with Crippen molar-refractivity contribution in [1.82, 2.24) is 5.32 Å². The molecule has 2 nitrogen and oxygen atoms in total. The molecule has 0 spiro atoms.